The van der Waals surface area contributed by atoms with Gasteiger partial charge in [-0.15, -0.1) is 0 Å². The largest absolute Gasteiger partial charge is 0.508 e. The maximum atomic E-state index is 10.8. The van der Waals surface area contributed by atoms with Crippen LogP contribution in [0.3, 0.4) is 0 Å². The molecule has 0 amide bonds. The van der Waals surface area contributed by atoms with Gasteiger partial charge in [0.1, 0.15) is 5.75 Å². The molecule has 0 unspecified atom stereocenters. The van der Waals surface area contributed by atoms with E-state index in [-0.39, 0.29) is 6.10 Å². The summed E-state index contributed by atoms with van der Waals surface area (Å²) in [5, 5.41) is 20.9. The highest BCUT2D eigenvalue weighted by Gasteiger charge is 2.77. The van der Waals surface area contributed by atoms with Crippen LogP contribution >= 0.6 is 0 Å². The Labute approximate surface area is 161 Å². The average molecular weight is 360 g/mol. The minimum absolute atomic E-state index is 0.105. The molecular weight excluding hydrogens is 332 g/mol. The van der Waals surface area contributed by atoms with Crippen molar-refractivity contribution in [3.8, 4) is 5.75 Å². The van der Waals surface area contributed by atoms with Crippen LogP contribution < -0.4 is 0 Å². The molecule has 4 aliphatic carbocycles. The lowest BCUT2D eigenvalue weighted by Crippen LogP contribution is -2.46. The second-order valence-electron chi connectivity index (χ2n) is 9.96. The van der Waals surface area contributed by atoms with Gasteiger partial charge in [-0.05, 0) is 95.4 Å². The third-order valence-electron chi connectivity index (χ3n) is 8.97. The zero-order valence-electron chi connectivity index (χ0n) is 15.9. The first-order valence-corrected chi connectivity index (χ1v) is 10.6. The fourth-order valence-electron chi connectivity index (χ4n) is 7.91. The Kier molecular flexibility index (Phi) is 3.10. The van der Waals surface area contributed by atoms with Crippen molar-refractivity contribution in [1.82, 2.24) is 0 Å². The van der Waals surface area contributed by atoms with Crippen LogP contribution in [0.2, 0.25) is 0 Å². The predicted octanol–water partition coefficient (Wildman–Crippen LogP) is 5.00. The van der Waals surface area contributed by atoms with Gasteiger partial charge in [0.15, 0.2) is 0 Å². The molecule has 2 nitrogen and oxygen atoms in total. The Morgan fingerprint density at radius 2 is 1.81 bits per heavy atom. The number of hydrogen-bond acceptors (Lipinski definition) is 2. The van der Waals surface area contributed by atoms with Gasteiger partial charge in [-0.2, -0.15) is 0 Å². The number of aliphatic hydroxyl groups is 1. The molecule has 2 aromatic rings. The summed E-state index contributed by atoms with van der Waals surface area (Å²) in [6.45, 7) is 2.47. The van der Waals surface area contributed by atoms with Crippen molar-refractivity contribution in [1.29, 1.82) is 0 Å². The van der Waals surface area contributed by atoms with Crippen LogP contribution in [0.4, 0.5) is 0 Å². The molecule has 0 saturated heterocycles. The van der Waals surface area contributed by atoms with Crippen LogP contribution in [0.5, 0.6) is 5.75 Å². The van der Waals surface area contributed by atoms with Gasteiger partial charge in [0.25, 0.3) is 0 Å². The third-order valence-corrected chi connectivity index (χ3v) is 8.97. The molecule has 2 heteroatoms. The second-order valence-corrected chi connectivity index (χ2v) is 9.96. The molecule has 3 saturated carbocycles. The topological polar surface area (TPSA) is 40.5 Å². The number of benzene rings is 2. The first-order chi connectivity index (χ1) is 13.0. The first kappa shape index (κ1) is 16.2. The highest BCUT2D eigenvalue weighted by atomic mass is 16.3. The second kappa shape index (κ2) is 5.17. The van der Waals surface area contributed by atoms with Gasteiger partial charge < -0.3 is 10.2 Å². The Bertz CT molecular complexity index is 906. The number of fused-ring (bicyclic) bond motifs is 3. The molecule has 6 rings (SSSR count). The number of aromatic hydroxyl groups is 1. The molecule has 27 heavy (non-hydrogen) atoms. The van der Waals surface area contributed by atoms with Crippen molar-refractivity contribution in [2.45, 2.75) is 57.0 Å². The van der Waals surface area contributed by atoms with Crippen molar-refractivity contribution < 1.29 is 10.2 Å². The number of aliphatic hydroxyl groups excluding tert-OH is 1. The molecule has 0 aromatic heterocycles. The molecule has 0 aliphatic heterocycles. The van der Waals surface area contributed by atoms with Crippen LogP contribution in [0, 0.1) is 22.7 Å². The summed E-state index contributed by atoms with van der Waals surface area (Å²) in [7, 11) is 0. The van der Waals surface area contributed by atoms with E-state index in [1.54, 1.807) is 0 Å². The van der Waals surface area contributed by atoms with E-state index in [9.17, 15) is 10.2 Å². The molecule has 2 aromatic carbocycles. The van der Waals surface area contributed by atoms with Crippen molar-refractivity contribution in [3.63, 3.8) is 0 Å². The summed E-state index contributed by atoms with van der Waals surface area (Å²) in [6.07, 6.45) is 5.54. The van der Waals surface area contributed by atoms with E-state index in [0.29, 0.717) is 40.3 Å². The van der Waals surface area contributed by atoms with Crippen LogP contribution in [0.1, 0.15) is 61.1 Å². The van der Waals surface area contributed by atoms with Gasteiger partial charge in [0, 0.05) is 0 Å². The van der Waals surface area contributed by atoms with Crippen molar-refractivity contribution in [2.24, 2.45) is 22.7 Å². The van der Waals surface area contributed by atoms with Gasteiger partial charge in [-0.1, -0.05) is 43.3 Å². The van der Waals surface area contributed by atoms with Crippen molar-refractivity contribution in [2.75, 3.05) is 0 Å². The van der Waals surface area contributed by atoms with Crippen LogP contribution in [-0.2, 0) is 6.42 Å². The molecular formula is C25H28O2. The molecule has 3 fully saturated rings. The lowest BCUT2D eigenvalue weighted by atomic mass is 9.49. The Morgan fingerprint density at radius 1 is 1.00 bits per heavy atom. The quantitative estimate of drug-likeness (QED) is 0.751. The Morgan fingerprint density at radius 3 is 2.59 bits per heavy atom. The zero-order chi connectivity index (χ0) is 18.4. The third kappa shape index (κ3) is 1.95. The van der Waals surface area contributed by atoms with E-state index < -0.39 is 0 Å². The Balaban J connectivity index is 1.54. The number of hydrogen-bond donors (Lipinski definition) is 2. The van der Waals surface area contributed by atoms with Crippen LogP contribution in [0.25, 0.3) is 0 Å². The number of phenols is 1. The van der Waals surface area contributed by atoms with Crippen LogP contribution in [-0.4, -0.2) is 16.3 Å². The highest BCUT2D eigenvalue weighted by molar-refractivity contribution is 5.45. The van der Waals surface area contributed by atoms with Crippen molar-refractivity contribution in [3.05, 3.63) is 65.2 Å². The fraction of sp³-hybridized carbons (Fsp3) is 0.520. The normalized spacial score (nSPS) is 44.0. The lowest BCUT2D eigenvalue weighted by molar-refractivity contribution is 0.00636. The van der Waals surface area contributed by atoms with Gasteiger partial charge in [0.05, 0.1) is 6.10 Å². The standard InChI is InChI=1S/C25H28O2/c1-24-10-9-19-18-8-7-17(26)11-16(18)12-20(15-5-3-2-4-6-15)23(19)25(24)13-21(25)22(27)14-24/h2-8,11,19-23,26-27H,9-10,12-14H2,1H3/t19-,20+,21+,22+,23+,24-,25+/m1/s1. The maximum Gasteiger partial charge on any atom is 0.115 e. The molecule has 1 spiro atoms. The molecule has 4 aliphatic rings. The summed E-state index contributed by atoms with van der Waals surface area (Å²) in [4.78, 5) is 0. The highest BCUT2D eigenvalue weighted by Crippen LogP contribution is 2.82. The molecule has 7 atom stereocenters. The lowest BCUT2D eigenvalue weighted by Gasteiger charge is -2.54. The average Bonchev–Trinajstić information content (AvgIpc) is 3.37. The van der Waals surface area contributed by atoms with Gasteiger partial charge in [-0.25, -0.2) is 0 Å². The molecule has 0 bridgehead atoms. The number of phenolic OH excluding ortho intramolecular Hbond substituents is 1. The van der Waals surface area contributed by atoms with Gasteiger partial charge >= 0.3 is 0 Å². The molecule has 2 N–H and O–H groups in total. The summed E-state index contributed by atoms with van der Waals surface area (Å²) in [5.74, 6) is 2.54. The van der Waals surface area contributed by atoms with Gasteiger partial charge in [-0.3, -0.25) is 0 Å². The van der Waals surface area contributed by atoms with E-state index in [1.807, 2.05) is 12.1 Å². The number of rotatable bonds is 1. The van der Waals surface area contributed by atoms with E-state index in [2.05, 4.69) is 43.3 Å². The van der Waals surface area contributed by atoms with Crippen molar-refractivity contribution >= 4 is 0 Å². The SMILES string of the molecule is C[C@]12CC[C@@H]3c4ccc(O)cc4C[C@@H](c4ccccc4)[C@H]3[C@@]13C[C@H]3[C@@H](O)C2. The maximum absolute atomic E-state index is 10.8. The van der Waals surface area contributed by atoms with Gasteiger partial charge in [0.2, 0.25) is 0 Å². The summed E-state index contributed by atoms with van der Waals surface area (Å²) < 4.78 is 0. The van der Waals surface area contributed by atoms with Crippen LogP contribution in [0.15, 0.2) is 48.5 Å². The molecule has 0 heterocycles. The smallest absolute Gasteiger partial charge is 0.115 e. The molecule has 140 valence electrons. The summed E-state index contributed by atoms with van der Waals surface area (Å²) in [5.41, 5.74) is 4.84. The predicted molar refractivity (Wildman–Crippen MR) is 106 cm³/mol. The summed E-state index contributed by atoms with van der Waals surface area (Å²) >= 11 is 0. The minimum Gasteiger partial charge on any atom is -0.508 e. The van der Waals surface area contributed by atoms with E-state index >= 15 is 0 Å². The zero-order valence-corrected chi connectivity index (χ0v) is 15.9. The molecule has 0 radical (unpaired) electrons. The van der Waals surface area contributed by atoms with E-state index in [4.69, 9.17) is 0 Å². The Hall–Kier alpha value is -1.80. The monoisotopic (exact) mass is 360 g/mol. The first-order valence-electron chi connectivity index (χ1n) is 10.6. The fourth-order valence-corrected chi connectivity index (χ4v) is 7.91. The minimum atomic E-state index is -0.105. The van der Waals surface area contributed by atoms with E-state index in [0.717, 1.165) is 12.8 Å². The van der Waals surface area contributed by atoms with E-state index in [1.165, 1.54) is 36.0 Å². The summed E-state index contributed by atoms with van der Waals surface area (Å²) in [6, 6.07) is 17.1.